The van der Waals surface area contributed by atoms with E-state index in [9.17, 15) is 14.7 Å². The molecule has 7 heteroatoms. The molecular weight excluding hydrogens is 504 g/mol. The van der Waals surface area contributed by atoms with E-state index >= 15 is 0 Å². The predicted octanol–water partition coefficient (Wildman–Crippen LogP) is 6.72. The van der Waals surface area contributed by atoms with Crippen molar-refractivity contribution in [2.45, 2.75) is 45.1 Å². The van der Waals surface area contributed by atoms with Gasteiger partial charge in [-0.25, -0.2) is 9.59 Å². The van der Waals surface area contributed by atoms with Gasteiger partial charge in [-0.1, -0.05) is 68.0 Å². The summed E-state index contributed by atoms with van der Waals surface area (Å²) >= 11 is 0. The van der Waals surface area contributed by atoms with Gasteiger partial charge in [0.15, 0.2) is 0 Å². The maximum absolute atomic E-state index is 13.2. The van der Waals surface area contributed by atoms with Crippen LogP contribution < -0.4 is 4.74 Å². The van der Waals surface area contributed by atoms with Crippen LogP contribution in [-0.2, 0) is 4.74 Å². The number of carbonyl (C=O) groups is 2. The fourth-order valence-electron chi connectivity index (χ4n) is 5.11. The molecule has 1 unspecified atom stereocenters. The summed E-state index contributed by atoms with van der Waals surface area (Å²) in [4.78, 5) is 28.7. The molecular formula is C33H40N2O5. The molecule has 1 aliphatic heterocycles. The van der Waals surface area contributed by atoms with Crippen LogP contribution in [-0.4, -0.2) is 72.9 Å². The van der Waals surface area contributed by atoms with Crippen molar-refractivity contribution < 1.29 is 24.2 Å². The minimum Gasteiger partial charge on any atom is -0.489 e. The minimum absolute atomic E-state index is 0.229. The number of likely N-dealkylation sites (tertiary alicyclic amines) is 1. The van der Waals surface area contributed by atoms with E-state index in [2.05, 4.69) is 31.0 Å². The van der Waals surface area contributed by atoms with Crippen molar-refractivity contribution in [3.8, 4) is 5.75 Å². The van der Waals surface area contributed by atoms with Gasteiger partial charge in [-0.05, 0) is 74.0 Å². The first kappa shape index (κ1) is 29.2. The van der Waals surface area contributed by atoms with Crippen LogP contribution in [0, 0.1) is 0 Å². The molecule has 1 fully saturated rings. The highest BCUT2D eigenvalue weighted by Gasteiger charge is 2.24. The van der Waals surface area contributed by atoms with Crippen LogP contribution in [0.1, 0.15) is 54.9 Å². The average Bonchev–Trinajstić information content (AvgIpc) is 3.38. The van der Waals surface area contributed by atoms with Crippen molar-refractivity contribution in [3.05, 3.63) is 83.4 Å². The normalized spacial score (nSPS) is 15.8. The molecule has 0 aromatic heterocycles. The van der Waals surface area contributed by atoms with E-state index in [1.807, 2.05) is 36.4 Å². The molecule has 1 aliphatic rings. The second kappa shape index (κ2) is 14.5. The van der Waals surface area contributed by atoms with Gasteiger partial charge < -0.3 is 24.4 Å². The second-order valence-corrected chi connectivity index (χ2v) is 10.5. The lowest BCUT2D eigenvalue weighted by Crippen LogP contribution is -2.38. The number of amides is 1. The number of nitrogens with zero attached hydrogens (tertiary/aromatic N) is 2. The van der Waals surface area contributed by atoms with Crippen molar-refractivity contribution in [3.63, 3.8) is 0 Å². The zero-order valence-corrected chi connectivity index (χ0v) is 23.6. The van der Waals surface area contributed by atoms with Gasteiger partial charge in [-0.15, -0.1) is 0 Å². The van der Waals surface area contributed by atoms with Gasteiger partial charge in [0.05, 0.1) is 12.2 Å². The van der Waals surface area contributed by atoms with E-state index < -0.39 is 5.97 Å². The maximum Gasteiger partial charge on any atom is 0.410 e. The number of benzene rings is 3. The summed E-state index contributed by atoms with van der Waals surface area (Å²) in [7, 11) is 2.14. The lowest BCUT2D eigenvalue weighted by atomic mass is 10.1. The highest BCUT2D eigenvalue weighted by Crippen LogP contribution is 2.26. The number of aromatic carboxylic acids is 1. The summed E-state index contributed by atoms with van der Waals surface area (Å²) in [5.41, 5.74) is 1.96. The van der Waals surface area contributed by atoms with Crippen LogP contribution in [0.4, 0.5) is 4.79 Å². The Balaban J connectivity index is 1.57. The summed E-state index contributed by atoms with van der Waals surface area (Å²) < 4.78 is 12.0. The van der Waals surface area contributed by atoms with E-state index in [4.69, 9.17) is 9.47 Å². The molecule has 0 bridgehead atoms. The molecule has 0 spiro atoms. The Labute approximate surface area is 237 Å². The maximum atomic E-state index is 13.2. The predicted molar refractivity (Wildman–Crippen MR) is 159 cm³/mol. The van der Waals surface area contributed by atoms with E-state index in [1.165, 1.54) is 6.42 Å². The Kier molecular flexibility index (Phi) is 10.6. The third kappa shape index (κ3) is 8.09. The number of unbranched alkanes of at least 4 members (excludes halogenated alkanes) is 1. The van der Waals surface area contributed by atoms with Crippen molar-refractivity contribution in [2.75, 3.05) is 39.9 Å². The van der Waals surface area contributed by atoms with E-state index in [0.29, 0.717) is 25.7 Å². The van der Waals surface area contributed by atoms with Gasteiger partial charge in [-0.3, -0.25) is 0 Å². The van der Waals surface area contributed by atoms with Gasteiger partial charge in [-0.2, -0.15) is 0 Å². The molecule has 0 radical (unpaired) electrons. The van der Waals surface area contributed by atoms with Crippen molar-refractivity contribution in [1.29, 1.82) is 0 Å². The van der Waals surface area contributed by atoms with Crippen LogP contribution >= 0.6 is 0 Å². The number of carboxylic acid groups (broad SMARTS) is 1. The van der Waals surface area contributed by atoms with Crippen LogP contribution in [0.3, 0.4) is 0 Å². The molecule has 1 heterocycles. The zero-order chi connectivity index (χ0) is 28.3. The molecule has 1 saturated heterocycles. The smallest absolute Gasteiger partial charge is 0.410 e. The molecule has 3 aromatic rings. The van der Waals surface area contributed by atoms with Crippen molar-refractivity contribution >= 4 is 28.9 Å². The number of carboxylic acids is 1. The molecule has 0 aliphatic carbocycles. The van der Waals surface area contributed by atoms with Gasteiger partial charge in [0, 0.05) is 24.5 Å². The highest BCUT2D eigenvalue weighted by atomic mass is 16.6. The summed E-state index contributed by atoms with van der Waals surface area (Å²) in [6.45, 7) is 4.77. The minimum atomic E-state index is -0.965. The molecule has 212 valence electrons. The average molecular weight is 545 g/mol. The van der Waals surface area contributed by atoms with Crippen LogP contribution in [0.15, 0.2) is 72.3 Å². The molecule has 7 nitrogen and oxygen atoms in total. The SMILES string of the molecule is CCCCOC(=O)N(CCC1CCCN1C)C/C(=C\c1ccc(C(=O)O)cc1)COc1cccc2ccccc12. The fraction of sp³-hybridized carbons (Fsp3) is 0.394. The van der Waals surface area contributed by atoms with Crippen LogP contribution in [0.25, 0.3) is 16.8 Å². The fourth-order valence-corrected chi connectivity index (χ4v) is 5.11. The number of carbonyl (C=O) groups excluding carboxylic acids is 1. The Hall–Kier alpha value is -3.84. The molecule has 40 heavy (non-hydrogen) atoms. The summed E-state index contributed by atoms with van der Waals surface area (Å²) in [6.07, 6.45) is 6.64. The van der Waals surface area contributed by atoms with Gasteiger partial charge >= 0.3 is 12.1 Å². The largest absolute Gasteiger partial charge is 0.489 e. The van der Waals surface area contributed by atoms with E-state index in [1.54, 1.807) is 29.2 Å². The summed E-state index contributed by atoms with van der Waals surface area (Å²) in [5.74, 6) is -0.192. The molecule has 1 atom stereocenters. The second-order valence-electron chi connectivity index (χ2n) is 10.5. The number of fused-ring (bicyclic) bond motifs is 1. The van der Waals surface area contributed by atoms with E-state index in [0.717, 1.165) is 59.9 Å². The number of rotatable bonds is 13. The molecule has 3 aromatic carbocycles. The number of hydrogen-bond donors (Lipinski definition) is 1. The number of ether oxygens (including phenoxy) is 2. The molecule has 1 N–H and O–H groups in total. The first-order valence-electron chi connectivity index (χ1n) is 14.2. The topological polar surface area (TPSA) is 79.3 Å². The van der Waals surface area contributed by atoms with Gasteiger partial charge in [0.1, 0.15) is 12.4 Å². The third-order valence-corrected chi connectivity index (χ3v) is 7.47. The Morgan fingerprint density at radius 1 is 1.07 bits per heavy atom. The molecule has 1 amide bonds. The quantitative estimate of drug-likeness (QED) is 0.241. The first-order valence-corrected chi connectivity index (χ1v) is 14.2. The van der Waals surface area contributed by atoms with Gasteiger partial charge in [0.2, 0.25) is 0 Å². The lowest BCUT2D eigenvalue weighted by Gasteiger charge is -2.27. The van der Waals surface area contributed by atoms with Crippen LogP contribution in [0.2, 0.25) is 0 Å². The zero-order valence-electron chi connectivity index (χ0n) is 23.6. The Morgan fingerprint density at radius 3 is 2.58 bits per heavy atom. The van der Waals surface area contributed by atoms with Crippen LogP contribution in [0.5, 0.6) is 5.75 Å². The summed E-state index contributed by atoms with van der Waals surface area (Å²) in [6, 6.07) is 21.2. The molecule has 0 saturated carbocycles. The molecule has 4 rings (SSSR count). The lowest BCUT2D eigenvalue weighted by molar-refractivity contribution is 0.0696. The third-order valence-electron chi connectivity index (χ3n) is 7.47. The monoisotopic (exact) mass is 544 g/mol. The summed E-state index contributed by atoms with van der Waals surface area (Å²) in [5, 5.41) is 11.4. The van der Waals surface area contributed by atoms with Crippen molar-refractivity contribution in [1.82, 2.24) is 9.80 Å². The first-order chi connectivity index (χ1) is 19.4. The van der Waals surface area contributed by atoms with Gasteiger partial charge in [0.25, 0.3) is 0 Å². The standard InChI is InChI=1S/C33H40N2O5/c1-3-4-21-39-33(38)35(20-18-29-11-8-19-34(29)2)23-26(22-25-14-16-28(17-15-25)32(36)37)24-40-31-13-7-10-27-9-5-6-12-30(27)31/h5-7,9-10,12-17,22,29H,3-4,8,11,18-21,23-24H2,1-2H3,(H,36,37)/b26-22+. The number of hydrogen-bond acceptors (Lipinski definition) is 5. The Morgan fingerprint density at radius 2 is 1.85 bits per heavy atom. The van der Waals surface area contributed by atoms with E-state index in [-0.39, 0.29) is 18.3 Å². The van der Waals surface area contributed by atoms with Crippen molar-refractivity contribution in [2.24, 2.45) is 0 Å². The highest BCUT2D eigenvalue weighted by molar-refractivity contribution is 5.88. The Bertz CT molecular complexity index is 1300.